The molecule has 3 aromatic rings. The highest BCUT2D eigenvalue weighted by molar-refractivity contribution is 9.10. The smallest absolute Gasteiger partial charge is 0.250 e. The summed E-state index contributed by atoms with van der Waals surface area (Å²) in [6.45, 7) is 0.599. The first-order valence-electron chi connectivity index (χ1n) is 8.02. The number of nitrogens with zero attached hydrogens (tertiary/aromatic N) is 1. The molecule has 0 aromatic carbocycles. The van der Waals surface area contributed by atoms with Gasteiger partial charge in [0.2, 0.25) is 5.92 Å². The average molecular weight is 463 g/mol. The quantitative estimate of drug-likeness (QED) is 0.484. The summed E-state index contributed by atoms with van der Waals surface area (Å²) in [6.07, 6.45) is -0.683. The van der Waals surface area contributed by atoms with Crippen molar-refractivity contribution in [2.45, 2.75) is 37.3 Å². The summed E-state index contributed by atoms with van der Waals surface area (Å²) in [7, 11) is 0. The molecule has 1 saturated carbocycles. The van der Waals surface area contributed by atoms with Crippen LogP contribution < -0.4 is 11.1 Å². The highest BCUT2D eigenvalue weighted by Gasteiger charge is 2.47. The first kappa shape index (κ1) is 18.2. The SMILES string of the molecule is N[C@@H]1CC(F)(F)C[C@H]1c1oc2c(NCc3cccs3)cc(Cl)nc2c1Br. The van der Waals surface area contributed by atoms with Crippen LogP contribution in [0.5, 0.6) is 0 Å². The molecule has 2 atom stereocenters. The minimum absolute atomic E-state index is 0.292. The fraction of sp³-hybridized carbons (Fsp3) is 0.353. The second kappa shape index (κ2) is 6.74. The Hall–Kier alpha value is -1.22. The summed E-state index contributed by atoms with van der Waals surface area (Å²) in [5.74, 6) is -2.95. The van der Waals surface area contributed by atoms with Crippen molar-refractivity contribution in [3.8, 4) is 0 Å². The molecule has 4 nitrogen and oxygen atoms in total. The maximum absolute atomic E-state index is 13.8. The summed E-state index contributed by atoms with van der Waals surface area (Å²) in [6, 6.07) is 4.99. The Balaban J connectivity index is 1.73. The van der Waals surface area contributed by atoms with Gasteiger partial charge in [0.25, 0.3) is 0 Å². The summed E-state index contributed by atoms with van der Waals surface area (Å²) >= 11 is 11.2. The fourth-order valence-corrected chi connectivity index (χ4v) is 4.80. The first-order valence-corrected chi connectivity index (χ1v) is 10.1. The Morgan fingerprint density at radius 3 is 2.92 bits per heavy atom. The van der Waals surface area contributed by atoms with Gasteiger partial charge in [0, 0.05) is 42.3 Å². The Morgan fingerprint density at radius 1 is 1.46 bits per heavy atom. The standard InChI is InChI=1S/C17H15BrClF2N3OS/c18-13-14-16(25-15(13)9-5-17(20,21)6-10(9)22)11(4-12(19)24-14)23-7-8-2-1-3-26-8/h1-4,9-10H,5-7,22H2,(H,23,24)/t9-,10-/m1/s1. The average Bonchev–Trinajstić information content (AvgIpc) is 3.25. The third-order valence-electron chi connectivity index (χ3n) is 4.52. The number of fused-ring (bicyclic) bond motifs is 1. The normalized spacial score (nSPS) is 22.2. The van der Waals surface area contributed by atoms with E-state index in [4.69, 9.17) is 21.8 Å². The molecule has 4 rings (SSSR count). The Bertz CT molecular complexity index is 947. The predicted molar refractivity (Wildman–Crippen MR) is 103 cm³/mol. The van der Waals surface area contributed by atoms with Crippen molar-refractivity contribution < 1.29 is 13.2 Å². The van der Waals surface area contributed by atoms with Crippen LogP contribution in [0.4, 0.5) is 14.5 Å². The monoisotopic (exact) mass is 461 g/mol. The van der Waals surface area contributed by atoms with Gasteiger partial charge in [-0.2, -0.15) is 0 Å². The van der Waals surface area contributed by atoms with E-state index in [1.54, 1.807) is 17.4 Å². The highest BCUT2D eigenvalue weighted by Crippen LogP contribution is 2.48. The van der Waals surface area contributed by atoms with E-state index < -0.39 is 17.9 Å². The molecule has 3 aromatic heterocycles. The maximum Gasteiger partial charge on any atom is 0.250 e. The van der Waals surface area contributed by atoms with Crippen LogP contribution in [0.1, 0.15) is 29.4 Å². The van der Waals surface area contributed by atoms with Crippen molar-refractivity contribution in [3.05, 3.63) is 43.8 Å². The molecule has 0 unspecified atom stereocenters. The number of anilines is 1. The summed E-state index contributed by atoms with van der Waals surface area (Å²) < 4.78 is 34.0. The molecule has 138 valence electrons. The van der Waals surface area contributed by atoms with Gasteiger partial charge in [-0.25, -0.2) is 13.8 Å². The number of halogens is 4. The lowest BCUT2D eigenvalue weighted by Gasteiger charge is -2.11. The first-order chi connectivity index (χ1) is 12.3. The Kier molecular flexibility index (Phi) is 4.71. The number of pyridine rings is 1. The molecule has 0 saturated heterocycles. The number of hydrogen-bond acceptors (Lipinski definition) is 5. The van der Waals surface area contributed by atoms with Crippen molar-refractivity contribution in [1.82, 2.24) is 4.98 Å². The molecule has 0 spiro atoms. The molecule has 3 heterocycles. The summed E-state index contributed by atoms with van der Waals surface area (Å²) in [5, 5.41) is 5.57. The van der Waals surface area contributed by atoms with E-state index in [0.717, 1.165) is 4.88 Å². The molecule has 0 aliphatic heterocycles. The van der Waals surface area contributed by atoms with Gasteiger partial charge in [-0.3, -0.25) is 0 Å². The minimum atomic E-state index is -2.78. The van der Waals surface area contributed by atoms with Crippen molar-refractivity contribution in [3.63, 3.8) is 0 Å². The second-order valence-corrected chi connectivity index (χ2v) is 8.63. The van der Waals surface area contributed by atoms with E-state index in [9.17, 15) is 8.78 Å². The molecule has 0 bridgehead atoms. The maximum atomic E-state index is 13.8. The molecular formula is C17H15BrClF2N3OS. The molecule has 1 aliphatic carbocycles. The second-order valence-electron chi connectivity index (χ2n) is 6.42. The van der Waals surface area contributed by atoms with Crippen molar-refractivity contribution in [2.24, 2.45) is 5.73 Å². The zero-order chi connectivity index (χ0) is 18.5. The largest absolute Gasteiger partial charge is 0.456 e. The third kappa shape index (κ3) is 3.35. The lowest BCUT2D eigenvalue weighted by atomic mass is 10.0. The van der Waals surface area contributed by atoms with Gasteiger partial charge in [-0.1, -0.05) is 17.7 Å². The number of alkyl halides is 2. The zero-order valence-electron chi connectivity index (χ0n) is 13.4. The van der Waals surface area contributed by atoms with E-state index in [1.165, 1.54) is 0 Å². The topological polar surface area (TPSA) is 64.1 Å². The number of furan rings is 1. The van der Waals surface area contributed by atoms with Crippen LogP contribution in [-0.4, -0.2) is 16.9 Å². The number of thiophene rings is 1. The van der Waals surface area contributed by atoms with Crippen molar-refractivity contribution >= 4 is 55.7 Å². The van der Waals surface area contributed by atoms with Crippen LogP contribution in [0.3, 0.4) is 0 Å². The lowest BCUT2D eigenvalue weighted by molar-refractivity contribution is 0.00621. The fourth-order valence-electron chi connectivity index (χ4n) is 3.32. The van der Waals surface area contributed by atoms with Gasteiger partial charge in [0.05, 0.1) is 10.2 Å². The van der Waals surface area contributed by atoms with Crippen LogP contribution in [0.15, 0.2) is 32.5 Å². The van der Waals surface area contributed by atoms with E-state index >= 15 is 0 Å². The Morgan fingerprint density at radius 2 is 2.27 bits per heavy atom. The van der Waals surface area contributed by atoms with E-state index in [1.807, 2.05) is 17.5 Å². The number of rotatable bonds is 4. The van der Waals surface area contributed by atoms with Crippen LogP contribution in [0, 0.1) is 0 Å². The van der Waals surface area contributed by atoms with Crippen LogP contribution in [-0.2, 0) is 6.54 Å². The molecule has 1 fully saturated rings. The molecule has 26 heavy (non-hydrogen) atoms. The van der Waals surface area contributed by atoms with Crippen LogP contribution >= 0.6 is 38.9 Å². The third-order valence-corrected chi connectivity index (χ3v) is 6.35. The van der Waals surface area contributed by atoms with Crippen LogP contribution in [0.2, 0.25) is 5.15 Å². The molecule has 1 aliphatic rings. The van der Waals surface area contributed by atoms with E-state index in [-0.39, 0.29) is 12.8 Å². The van der Waals surface area contributed by atoms with E-state index in [2.05, 4.69) is 26.2 Å². The minimum Gasteiger partial charge on any atom is -0.456 e. The van der Waals surface area contributed by atoms with Crippen LogP contribution in [0.25, 0.3) is 11.1 Å². The van der Waals surface area contributed by atoms with Gasteiger partial charge in [0.15, 0.2) is 5.58 Å². The summed E-state index contributed by atoms with van der Waals surface area (Å²) in [4.78, 5) is 5.44. The Labute approximate surface area is 165 Å². The zero-order valence-corrected chi connectivity index (χ0v) is 16.6. The highest BCUT2D eigenvalue weighted by atomic mass is 79.9. The van der Waals surface area contributed by atoms with Gasteiger partial charge in [0.1, 0.15) is 16.4 Å². The number of hydrogen-bond donors (Lipinski definition) is 2. The van der Waals surface area contributed by atoms with Gasteiger partial charge < -0.3 is 15.5 Å². The molecule has 9 heteroatoms. The molecule has 0 radical (unpaired) electrons. The molecule has 3 N–H and O–H groups in total. The lowest BCUT2D eigenvalue weighted by Crippen LogP contribution is -2.23. The number of nitrogens with one attached hydrogen (secondary N) is 1. The van der Waals surface area contributed by atoms with Gasteiger partial charge >= 0.3 is 0 Å². The van der Waals surface area contributed by atoms with Gasteiger partial charge in [-0.05, 0) is 27.4 Å². The van der Waals surface area contributed by atoms with Crippen molar-refractivity contribution in [1.29, 1.82) is 0 Å². The predicted octanol–water partition coefficient (Wildman–Crippen LogP) is 5.76. The van der Waals surface area contributed by atoms with Gasteiger partial charge in [-0.15, -0.1) is 11.3 Å². The summed E-state index contributed by atoms with van der Waals surface area (Å²) in [5.41, 5.74) is 7.60. The number of nitrogens with two attached hydrogens (primary N) is 1. The van der Waals surface area contributed by atoms with Crippen molar-refractivity contribution in [2.75, 3.05) is 5.32 Å². The number of aromatic nitrogens is 1. The van der Waals surface area contributed by atoms with E-state index in [0.29, 0.717) is 38.7 Å². The molecule has 0 amide bonds. The molecular weight excluding hydrogens is 448 g/mol.